The van der Waals surface area contributed by atoms with Crippen molar-refractivity contribution >= 4 is 37.8 Å². The first-order valence-corrected chi connectivity index (χ1v) is 6.27. The fourth-order valence-electron chi connectivity index (χ4n) is 1.63. The number of benzene rings is 1. The molecule has 0 radical (unpaired) electrons. The third kappa shape index (κ3) is 2.52. The van der Waals surface area contributed by atoms with Gasteiger partial charge in [0.1, 0.15) is 0 Å². The molecule has 0 fully saturated rings. The molecule has 0 aromatic heterocycles. The molecule has 3 N–H and O–H groups in total. The Morgan fingerprint density at radius 3 is 2.87 bits per heavy atom. The van der Waals surface area contributed by atoms with E-state index < -0.39 is 0 Å². The summed E-state index contributed by atoms with van der Waals surface area (Å²) in [5.74, 6) is 0.529. The highest BCUT2D eigenvalue weighted by atomic mass is 79.9. The number of rotatable bonds is 1. The molecule has 1 atom stereocenters. The molecule has 1 heterocycles. The van der Waals surface area contributed by atoms with Gasteiger partial charge in [-0.15, -0.1) is 0 Å². The van der Waals surface area contributed by atoms with Gasteiger partial charge in [-0.1, -0.05) is 37.9 Å². The smallest absolute Gasteiger partial charge is 0.189 e. The third-order valence-electron chi connectivity index (χ3n) is 2.36. The third-order valence-corrected chi connectivity index (χ3v) is 3.54. The lowest BCUT2D eigenvalue weighted by atomic mass is 10.0. The maximum Gasteiger partial charge on any atom is 0.189 e. The van der Waals surface area contributed by atoms with Crippen molar-refractivity contribution in [1.29, 1.82) is 0 Å². The SMILES string of the molecule is NC1=NCCC(c2ccc(Br)cc2Br)N1. The second kappa shape index (κ2) is 4.53. The number of hydrogen-bond acceptors (Lipinski definition) is 3. The maximum absolute atomic E-state index is 5.66. The fourth-order valence-corrected chi connectivity index (χ4v) is 2.95. The molecule has 0 saturated heterocycles. The van der Waals surface area contributed by atoms with Gasteiger partial charge in [0, 0.05) is 15.5 Å². The largest absolute Gasteiger partial charge is 0.370 e. The molecule has 3 nitrogen and oxygen atoms in total. The molecule has 0 saturated carbocycles. The van der Waals surface area contributed by atoms with E-state index in [1.807, 2.05) is 12.1 Å². The van der Waals surface area contributed by atoms with Gasteiger partial charge >= 0.3 is 0 Å². The van der Waals surface area contributed by atoms with Crippen LogP contribution in [0.15, 0.2) is 32.1 Å². The molecule has 0 bridgehead atoms. The molecule has 0 amide bonds. The van der Waals surface area contributed by atoms with E-state index in [1.54, 1.807) is 0 Å². The lowest BCUT2D eigenvalue weighted by Crippen LogP contribution is -2.38. The summed E-state index contributed by atoms with van der Waals surface area (Å²) in [7, 11) is 0. The summed E-state index contributed by atoms with van der Waals surface area (Å²) in [4.78, 5) is 4.11. The number of guanidine groups is 1. The summed E-state index contributed by atoms with van der Waals surface area (Å²) in [6, 6.07) is 6.41. The van der Waals surface area contributed by atoms with E-state index in [0.29, 0.717) is 5.96 Å². The number of hydrogen-bond donors (Lipinski definition) is 2. The maximum atomic E-state index is 5.66. The average Bonchev–Trinajstić information content (AvgIpc) is 2.17. The first-order chi connectivity index (χ1) is 7.16. The van der Waals surface area contributed by atoms with Crippen molar-refractivity contribution < 1.29 is 0 Å². The van der Waals surface area contributed by atoms with E-state index in [2.05, 4.69) is 48.2 Å². The van der Waals surface area contributed by atoms with E-state index >= 15 is 0 Å². The topological polar surface area (TPSA) is 50.4 Å². The molecule has 1 aromatic carbocycles. The van der Waals surface area contributed by atoms with Crippen LogP contribution in [0.1, 0.15) is 18.0 Å². The van der Waals surface area contributed by atoms with Crippen molar-refractivity contribution in [2.45, 2.75) is 12.5 Å². The van der Waals surface area contributed by atoms with Gasteiger partial charge in [-0.3, -0.25) is 4.99 Å². The van der Waals surface area contributed by atoms with Crippen LogP contribution in [-0.4, -0.2) is 12.5 Å². The number of halogens is 2. The molecule has 1 unspecified atom stereocenters. The first kappa shape index (κ1) is 11.0. The predicted octanol–water partition coefficient (Wildman–Crippen LogP) is 2.56. The highest BCUT2D eigenvalue weighted by Crippen LogP contribution is 2.29. The molecule has 1 aliphatic heterocycles. The van der Waals surface area contributed by atoms with Gasteiger partial charge in [0.05, 0.1) is 6.04 Å². The van der Waals surface area contributed by atoms with Gasteiger partial charge in [0.15, 0.2) is 5.96 Å². The second-order valence-electron chi connectivity index (χ2n) is 3.42. The van der Waals surface area contributed by atoms with Gasteiger partial charge < -0.3 is 11.1 Å². The van der Waals surface area contributed by atoms with Crippen molar-refractivity contribution in [3.05, 3.63) is 32.7 Å². The van der Waals surface area contributed by atoms with Gasteiger partial charge in [0.25, 0.3) is 0 Å². The molecule has 0 spiro atoms. The summed E-state index contributed by atoms with van der Waals surface area (Å²) in [5.41, 5.74) is 6.88. The molecular formula is C10H11Br2N3. The van der Waals surface area contributed by atoms with Crippen LogP contribution in [-0.2, 0) is 0 Å². The highest BCUT2D eigenvalue weighted by Gasteiger charge is 2.17. The minimum absolute atomic E-state index is 0.255. The Hall–Kier alpha value is -0.550. The van der Waals surface area contributed by atoms with E-state index in [1.165, 1.54) is 5.56 Å². The number of nitrogens with one attached hydrogen (secondary N) is 1. The van der Waals surface area contributed by atoms with Crippen LogP contribution in [0.4, 0.5) is 0 Å². The van der Waals surface area contributed by atoms with Crippen LogP contribution >= 0.6 is 31.9 Å². The molecule has 80 valence electrons. The standard InChI is InChI=1S/C10H11Br2N3/c11-6-1-2-7(8(12)5-6)9-3-4-14-10(13)15-9/h1-2,5,9H,3-4H2,(H3,13,14,15). The minimum atomic E-state index is 0.255. The lowest BCUT2D eigenvalue weighted by Gasteiger charge is -2.23. The monoisotopic (exact) mass is 331 g/mol. The quantitative estimate of drug-likeness (QED) is 0.830. The van der Waals surface area contributed by atoms with Crippen LogP contribution in [0.25, 0.3) is 0 Å². The number of aliphatic imine (C=N–C) groups is 1. The summed E-state index contributed by atoms with van der Waals surface area (Å²) in [5, 5.41) is 3.18. The zero-order valence-electron chi connectivity index (χ0n) is 8.00. The Bertz CT molecular complexity index is 404. The molecular weight excluding hydrogens is 322 g/mol. The van der Waals surface area contributed by atoms with Crippen LogP contribution in [0, 0.1) is 0 Å². The van der Waals surface area contributed by atoms with Crippen LogP contribution < -0.4 is 11.1 Å². The summed E-state index contributed by atoms with van der Waals surface area (Å²) in [6.07, 6.45) is 0.973. The second-order valence-corrected chi connectivity index (χ2v) is 5.19. The summed E-state index contributed by atoms with van der Waals surface area (Å²) < 4.78 is 2.15. The fraction of sp³-hybridized carbons (Fsp3) is 0.300. The molecule has 15 heavy (non-hydrogen) atoms. The Balaban J connectivity index is 2.26. The summed E-state index contributed by atoms with van der Waals surface area (Å²) >= 11 is 6.99. The molecule has 5 heteroatoms. The predicted molar refractivity (Wildman–Crippen MR) is 68.8 cm³/mol. The Kier molecular flexibility index (Phi) is 3.31. The Morgan fingerprint density at radius 1 is 1.40 bits per heavy atom. The normalized spacial score (nSPS) is 20.7. The van der Waals surface area contributed by atoms with Crippen LogP contribution in [0.3, 0.4) is 0 Å². The zero-order valence-corrected chi connectivity index (χ0v) is 11.2. The molecule has 1 aliphatic rings. The average molecular weight is 333 g/mol. The van der Waals surface area contributed by atoms with Crippen molar-refractivity contribution in [3.63, 3.8) is 0 Å². The minimum Gasteiger partial charge on any atom is -0.370 e. The van der Waals surface area contributed by atoms with Crippen molar-refractivity contribution in [2.24, 2.45) is 10.7 Å². The van der Waals surface area contributed by atoms with Crippen molar-refractivity contribution in [3.8, 4) is 0 Å². The van der Waals surface area contributed by atoms with Crippen LogP contribution in [0.5, 0.6) is 0 Å². The van der Waals surface area contributed by atoms with E-state index in [9.17, 15) is 0 Å². The highest BCUT2D eigenvalue weighted by molar-refractivity contribution is 9.11. The summed E-state index contributed by atoms with van der Waals surface area (Å²) in [6.45, 7) is 0.784. The number of nitrogens with zero attached hydrogens (tertiary/aromatic N) is 1. The van der Waals surface area contributed by atoms with E-state index in [0.717, 1.165) is 21.9 Å². The zero-order chi connectivity index (χ0) is 10.8. The Morgan fingerprint density at radius 2 is 2.20 bits per heavy atom. The Labute approximate surface area is 105 Å². The molecule has 1 aromatic rings. The molecule has 0 aliphatic carbocycles. The van der Waals surface area contributed by atoms with Crippen molar-refractivity contribution in [1.82, 2.24) is 5.32 Å². The van der Waals surface area contributed by atoms with Gasteiger partial charge in [0.2, 0.25) is 0 Å². The number of nitrogens with two attached hydrogens (primary N) is 1. The van der Waals surface area contributed by atoms with Gasteiger partial charge in [-0.05, 0) is 24.1 Å². The molecule has 2 rings (SSSR count). The lowest BCUT2D eigenvalue weighted by molar-refractivity contribution is 0.566. The van der Waals surface area contributed by atoms with Crippen LogP contribution in [0.2, 0.25) is 0 Å². The van der Waals surface area contributed by atoms with Gasteiger partial charge in [-0.25, -0.2) is 0 Å². The van der Waals surface area contributed by atoms with Crippen molar-refractivity contribution in [2.75, 3.05) is 6.54 Å². The first-order valence-electron chi connectivity index (χ1n) is 4.68. The van der Waals surface area contributed by atoms with E-state index in [-0.39, 0.29) is 6.04 Å². The van der Waals surface area contributed by atoms with E-state index in [4.69, 9.17) is 5.73 Å². The van der Waals surface area contributed by atoms with Gasteiger partial charge in [-0.2, -0.15) is 0 Å².